The van der Waals surface area contributed by atoms with Crippen molar-refractivity contribution in [1.82, 2.24) is 4.90 Å². The van der Waals surface area contributed by atoms with Crippen LogP contribution in [-0.2, 0) is 11.3 Å². The fourth-order valence-corrected chi connectivity index (χ4v) is 3.17. The van der Waals surface area contributed by atoms with Crippen molar-refractivity contribution in [2.45, 2.75) is 31.2 Å². The number of carbonyl (C=O) groups is 1. The van der Waals surface area contributed by atoms with E-state index in [4.69, 9.17) is 15.8 Å². The van der Waals surface area contributed by atoms with Crippen LogP contribution >= 0.6 is 24.8 Å². The van der Waals surface area contributed by atoms with Gasteiger partial charge in [0, 0.05) is 19.6 Å². The second kappa shape index (κ2) is 10.2. The van der Waals surface area contributed by atoms with E-state index in [0.717, 1.165) is 5.56 Å². The number of nitrogens with zero attached hydrogens (tertiary/aromatic N) is 1. The van der Waals surface area contributed by atoms with Crippen molar-refractivity contribution in [3.63, 3.8) is 0 Å². The van der Waals surface area contributed by atoms with Crippen molar-refractivity contribution in [3.8, 4) is 0 Å². The van der Waals surface area contributed by atoms with Crippen LogP contribution in [0.5, 0.6) is 0 Å². The first-order valence-electron chi connectivity index (χ1n) is 7.54. The van der Waals surface area contributed by atoms with Gasteiger partial charge in [0.25, 0.3) is 0 Å². The lowest BCUT2D eigenvalue weighted by molar-refractivity contribution is -0.146. The molecule has 2 rings (SSSR count). The van der Waals surface area contributed by atoms with E-state index in [1.165, 1.54) is 0 Å². The van der Waals surface area contributed by atoms with Crippen LogP contribution in [0.1, 0.15) is 18.4 Å². The molecule has 24 heavy (non-hydrogen) atoms. The Hall–Kier alpha value is -0.825. The van der Waals surface area contributed by atoms with Crippen LogP contribution in [0.3, 0.4) is 0 Å². The summed E-state index contributed by atoms with van der Waals surface area (Å²) in [6.45, 7) is 1.66. The molecule has 2 atom stereocenters. The van der Waals surface area contributed by atoms with Crippen molar-refractivity contribution in [2.24, 2.45) is 11.7 Å². The summed E-state index contributed by atoms with van der Waals surface area (Å²) >= 11 is 0. The van der Waals surface area contributed by atoms with Crippen LogP contribution in [0.2, 0.25) is 6.32 Å². The Kier molecular flexibility index (Phi) is 9.88. The van der Waals surface area contributed by atoms with Crippen LogP contribution in [0.15, 0.2) is 30.3 Å². The summed E-state index contributed by atoms with van der Waals surface area (Å²) in [6, 6.07) is 9.84. The van der Waals surface area contributed by atoms with Gasteiger partial charge >= 0.3 is 13.1 Å². The number of benzene rings is 1. The van der Waals surface area contributed by atoms with Crippen LogP contribution < -0.4 is 5.73 Å². The molecule has 136 valence electrons. The molecule has 6 nitrogen and oxygen atoms in total. The third-order valence-corrected chi connectivity index (χ3v) is 4.18. The van der Waals surface area contributed by atoms with Gasteiger partial charge in [0.05, 0.1) is 0 Å². The van der Waals surface area contributed by atoms with E-state index in [0.29, 0.717) is 32.5 Å². The SMILES string of the molecule is Cl.Cl.N[C@]1(C(=O)O)C[C@H](CCB(O)O)CN(Cc2ccccc2)C1. The average Bonchev–Trinajstić information content (AvgIpc) is 2.45. The second-order valence-electron chi connectivity index (χ2n) is 6.24. The smallest absolute Gasteiger partial charge is 0.451 e. The monoisotopic (exact) mass is 378 g/mol. The van der Waals surface area contributed by atoms with Crippen molar-refractivity contribution in [2.75, 3.05) is 13.1 Å². The lowest BCUT2D eigenvalue weighted by atomic mass is 9.75. The van der Waals surface area contributed by atoms with Gasteiger partial charge in [-0.3, -0.25) is 9.69 Å². The zero-order chi connectivity index (χ0) is 16.2. The number of rotatable bonds is 6. The van der Waals surface area contributed by atoms with Crippen molar-refractivity contribution >= 4 is 37.9 Å². The molecule has 0 aliphatic carbocycles. The summed E-state index contributed by atoms with van der Waals surface area (Å²) in [5.74, 6) is -0.958. The number of piperidine rings is 1. The van der Waals surface area contributed by atoms with E-state index in [1.54, 1.807) is 0 Å². The minimum absolute atomic E-state index is 0. The van der Waals surface area contributed by atoms with Crippen molar-refractivity contribution in [3.05, 3.63) is 35.9 Å². The molecule has 1 aliphatic rings. The van der Waals surface area contributed by atoms with Gasteiger partial charge in [0.15, 0.2) is 0 Å². The molecular weight excluding hydrogens is 354 g/mol. The molecule has 0 amide bonds. The molecule has 1 aromatic rings. The molecule has 1 saturated heterocycles. The maximum atomic E-state index is 11.5. The molecule has 9 heteroatoms. The zero-order valence-electron chi connectivity index (χ0n) is 13.4. The van der Waals surface area contributed by atoms with Gasteiger partial charge in [0.1, 0.15) is 5.54 Å². The first-order valence-corrected chi connectivity index (χ1v) is 7.54. The number of hydrogen-bond acceptors (Lipinski definition) is 5. The van der Waals surface area contributed by atoms with E-state index >= 15 is 0 Å². The zero-order valence-corrected chi connectivity index (χ0v) is 15.0. The highest BCUT2D eigenvalue weighted by atomic mass is 35.5. The standard InChI is InChI=1S/C15H23BN2O4.2ClH/c17-15(14(19)20)8-13(6-7-16(21)22)10-18(11-15)9-12-4-2-1-3-5-12;;/h1-5,13,21-22H,6-11,17H2,(H,19,20);2*1H/t13-,15+;;/m0../s1. The molecule has 1 heterocycles. The molecule has 1 fully saturated rings. The van der Waals surface area contributed by atoms with E-state index in [2.05, 4.69) is 0 Å². The number of halogens is 2. The van der Waals surface area contributed by atoms with Crippen molar-refractivity contribution in [1.29, 1.82) is 0 Å². The van der Waals surface area contributed by atoms with E-state index in [9.17, 15) is 9.90 Å². The number of likely N-dealkylation sites (tertiary alicyclic amines) is 1. The van der Waals surface area contributed by atoms with Gasteiger partial charge in [-0.15, -0.1) is 24.8 Å². The fourth-order valence-electron chi connectivity index (χ4n) is 3.17. The summed E-state index contributed by atoms with van der Waals surface area (Å²) < 4.78 is 0. The summed E-state index contributed by atoms with van der Waals surface area (Å²) in [7, 11) is -1.36. The molecule has 5 N–H and O–H groups in total. The lowest BCUT2D eigenvalue weighted by Crippen LogP contribution is -2.61. The first-order chi connectivity index (χ1) is 10.4. The average molecular weight is 379 g/mol. The van der Waals surface area contributed by atoms with Gasteiger partial charge in [-0.2, -0.15) is 0 Å². The molecule has 0 radical (unpaired) electrons. The maximum Gasteiger partial charge on any atom is 0.451 e. The Bertz CT molecular complexity index is 510. The van der Waals surface area contributed by atoms with Gasteiger partial charge in [-0.1, -0.05) is 36.8 Å². The Morgan fingerprint density at radius 3 is 2.46 bits per heavy atom. The summed E-state index contributed by atoms with van der Waals surface area (Å²) in [5.41, 5.74) is 5.91. The summed E-state index contributed by atoms with van der Waals surface area (Å²) in [4.78, 5) is 13.6. The van der Waals surface area contributed by atoms with E-state index in [-0.39, 0.29) is 37.1 Å². The molecule has 1 aromatic carbocycles. The number of hydrogen-bond donors (Lipinski definition) is 4. The fraction of sp³-hybridized carbons (Fsp3) is 0.533. The largest absolute Gasteiger partial charge is 0.480 e. The number of nitrogens with two attached hydrogens (primary N) is 1. The quantitative estimate of drug-likeness (QED) is 0.550. The van der Waals surface area contributed by atoms with Gasteiger partial charge in [0.2, 0.25) is 0 Å². The van der Waals surface area contributed by atoms with Gasteiger partial charge in [-0.05, 0) is 24.2 Å². The Morgan fingerprint density at radius 1 is 1.29 bits per heavy atom. The molecule has 1 aliphatic heterocycles. The Morgan fingerprint density at radius 2 is 1.92 bits per heavy atom. The third kappa shape index (κ3) is 6.59. The normalized spacial score (nSPS) is 23.7. The molecule has 0 bridgehead atoms. The Labute approximate surface area is 155 Å². The predicted octanol–water partition coefficient (Wildman–Crippen LogP) is 0.997. The van der Waals surface area contributed by atoms with Gasteiger partial charge < -0.3 is 20.9 Å². The Balaban J connectivity index is 0.00000264. The highest BCUT2D eigenvalue weighted by Crippen LogP contribution is 2.28. The minimum Gasteiger partial charge on any atom is -0.480 e. The second-order valence-corrected chi connectivity index (χ2v) is 6.24. The van der Waals surface area contributed by atoms with Crippen LogP contribution in [-0.4, -0.2) is 51.8 Å². The molecule has 0 saturated carbocycles. The maximum absolute atomic E-state index is 11.5. The molecule has 0 spiro atoms. The van der Waals surface area contributed by atoms with Crippen LogP contribution in [0.4, 0.5) is 0 Å². The topological polar surface area (TPSA) is 107 Å². The third-order valence-electron chi connectivity index (χ3n) is 4.18. The number of carboxylic acids is 1. The molecule has 0 aromatic heterocycles. The molecule has 0 unspecified atom stereocenters. The van der Waals surface area contributed by atoms with E-state index < -0.39 is 18.6 Å². The van der Waals surface area contributed by atoms with Crippen molar-refractivity contribution < 1.29 is 19.9 Å². The lowest BCUT2D eigenvalue weighted by Gasteiger charge is -2.42. The number of carboxylic acid groups (broad SMARTS) is 1. The number of aliphatic carboxylic acids is 1. The summed E-state index contributed by atoms with van der Waals surface area (Å²) in [6.07, 6.45) is 1.15. The van der Waals surface area contributed by atoms with Crippen LogP contribution in [0.25, 0.3) is 0 Å². The minimum atomic E-state index is -1.36. The predicted molar refractivity (Wildman–Crippen MR) is 98.5 cm³/mol. The molecular formula is C15H25BCl2N2O4. The van der Waals surface area contributed by atoms with E-state index in [1.807, 2.05) is 35.2 Å². The van der Waals surface area contributed by atoms with Crippen LogP contribution in [0, 0.1) is 5.92 Å². The summed E-state index contributed by atoms with van der Waals surface area (Å²) in [5, 5.41) is 27.5. The first kappa shape index (κ1) is 23.2. The highest BCUT2D eigenvalue weighted by Gasteiger charge is 2.42. The van der Waals surface area contributed by atoms with Gasteiger partial charge in [-0.25, -0.2) is 0 Å². The highest BCUT2D eigenvalue weighted by molar-refractivity contribution is 6.40.